The molecule has 11 heteroatoms. The van der Waals surface area contributed by atoms with E-state index in [4.69, 9.17) is 17.9 Å². The van der Waals surface area contributed by atoms with Crippen molar-refractivity contribution < 1.29 is 19.1 Å². The first kappa shape index (κ1) is 39.3. The second-order valence-electron chi connectivity index (χ2n) is 10.8. The van der Waals surface area contributed by atoms with Crippen LogP contribution in [0.25, 0.3) is 9.69 Å². The monoisotopic (exact) mass is 614 g/mol. The molecule has 0 radical (unpaired) electrons. The van der Waals surface area contributed by atoms with E-state index >= 15 is 0 Å². The van der Waals surface area contributed by atoms with Crippen molar-refractivity contribution in [2.24, 2.45) is 0 Å². The summed E-state index contributed by atoms with van der Waals surface area (Å²) in [5.41, 5.74) is 1.97. The minimum atomic E-state index is -0.451. The molecule has 0 bridgehead atoms. The van der Waals surface area contributed by atoms with Crippen LogP contribution in [0.2, 0.25) is 0 Å². The van der Waals surface area contributed by atoms with Crippen LogP contribution in [-0.2, 0) is 14.3 Å². The van der Waals surface area contributed by atoms with Crippen LogP contribution in [-0.4, -0.2) is 65.3 Å². The Morgan fingerprint density at radius 2 is 1.40 bits per heavy atom. The van der Waals surface area contributed by atoms with Crippen LogP contribution in [0.15, 0.2) is 36.7 Å². The number of amides is 1. The zero-order valence-electron chi connectivity index (χ0n) is 25.3. The van der Waals surface area contributed by atoms with Crippen molar-refractivity contribution in [3.8, 4) is 0 Å². The first-order valence-corrected chi connectivity index (χ1v) is 14.0. The number of aromatic nitrogens is 2. The number of hydrogen-bond donors (Lipinski definition) is 1. The quantitative estimate of drug-likeness (QED) is 0.282. The molecule has 4 heterocycles. The van der Waals surface area contributed by atoms with Crippen molar-refractivity contribution in [2.45, 2.75) is 85.2 Å². The minimum Gasteiger partial charge on any atom is -0.466 e. The molecule has 236 valence electrons. The maximum Gasteiger partial charge on any atom is 0.410 e. The van der Waals surface area contributed by atoms with Crippen LogP contribution in [0.3, 0.4) is 0 Å². The Bertz CT molecular complexity index is 1170. The van der Waals surface area contributed by atoms with Gasteiger partial charge in [0.25, 0.3) is 11.6 Å². The molecule has 1 amide bonds. The molecule has 0 unspecified atom stereocenters. The molecule has 0 aromatic carbocycles. The Morgan fingerprint density at radius 3 is 1.72 bits per heavy atom. The highest BCUT2D eigenvalue weighted by Crippen LogP contribution is 2.29. The molecule has 4 rings (SSSR count). The number of carbonyl (C=O) groups is 2. The van der Waals surface area contributed by atoms with Gasteiger partial charge in [0.1, 0.15) is 18.0 Å². The van der Waals surface area contributed by atoms with E-state index in [1.165, 1.54) is 25.3 Å². The fraction of sp³-hybridized carbons (Fsp3) is 0.562. The van der Waals surface area contributed by atoms with E-state index < -0.39 is 5.60 Å². The molecule has 2 aliphatic rings. The molecule has 0 spiro atoms. The number of carbonyl (C=O) groups excluding carboxylic acids is 2. The number of ether oxygens (including phenoxy) is 2. The fourth-order valence-corrected chi connectivity index (χ4v) is 4.49. The summed E-state index contributed by atoms with van der Waals surface area (Å²) >= 11 is 0. The summed E-state index contributed by atoms with van der Waals surface area (Å²) in [5, 5.41) is 3.34. The van der Waals surface area contributed by atoms with Crippen molar-refractivity contribution in [2.75, 3.05) is 32.8 Å². The van der Waals surface area contributed by atoms with Gasteiger partial charge in [-0.25, -0.2) is 4.79 Å². The van der Waals surface area contributed by atoms with Crippen LogP contribution in [0.5, 0.6) is 0 Å². The lowest BCUT2D eigenvalue weighted by Crippen LogP contribution is -2.41. The molecule has 2 aromatic heterocycles. The largest absolute Gasteiger partial charge is 0.466 e. The molecular weight excluding hydrogens is 568 g/mol. The standard InChI is InChI=1S/C16H21N3O2.C11H13N3.C4H8O2.CH4.ClH/c1-16(2,3)21-15(20)19-9-7-12(8-10-19)13-5-6-14(17-4)18-11-13;1-12-11-3-2-10(8-14-11)9-4-6-13-7-5-9;1-3-6-4(2)5;;/h5-6,11-12H,7-10H2,1-3H3;2-3,8-9,13H,4-7H2;3H2,1-2H3;1H4;1H. The summed E-state index contributed by atoms with van der Waals surface area (Å²) in [7, 11) is 0. The molecule has 0 aliphatic carbocycles. The summed E-state index contributed by atoms with van der Waals surface area (Å²) in [5.74, 6) is 1.73. The predicted molar refractivity (Wildman–Crippen MR) is 172 cm³/mol. The summed E-state index contributed by atoms with van der Waals surface area (Å²) in [4.78, 5) is 38.4. The number of rotatable bonds is 3. The lowest BCUT2D eigenvalue weighted by molar-refractivity contribution is -0.140. The second kappa shape index (κ2) is 20.2. The van der Waals surface area contributed by atoms with Crippen molar-refractivity contribution >= 4 is 36.1 Å². The lowest BCUT2D eigenvalue weighted by atomic mass is 9.91. The number of halogens is 1. The van der Waals surface area contributed by atoms with Crippen LogP contribution < -0.4 is 5.32 Å². The van der Waals surface area contributed by atoms with E-state index in [1.54, 1.807) is 24.1 Å². The van der Waals surface area contributed by atoms with Gasteiger partial charge in [-0.3, -0.25) is 4.79 Å². The van der Waals surface area contributed by atoms with Gasteiger partial charge in [0.2, 0.25) is 0 Å². The maximum atomic E-state index is 12.0. The molecule has 43 heavy (non-hydrogen) atoms. The van der Waals surface area contributed by atoms with Crippen molar-refractivity contribution in [3.63, 3.8) is 0 Å². The highest BCUT2D eigenvalue weighted by molar-refractivity contribution is 5.85. The van der Waals surface area contributed by atoms with E-state index in [9.17, 15) is 9.59 Å². The number of piperidine rings is 2. The van der Waals surface area contributed by atoms with Crippen LogP contribution in [0.4, 0.5) is 16.4 Å². The van der Waals surface area contributed by atoms with Gasteiger partial charge < -0.3 is 29.4 Å². The van der Waals surface area contributed by atoms with Crippen molar-refractivity contribution in [1.82, 2.24) is 20.2 Å². The van der Waals surface area contributed by atoms with Crippen LogP contribution in [0.1, 0.15) is 90.7 Å². The lowest BCUT2D eigenvalue weighted by Gasteiger charge is -2.33. The normalized spacial score (nSPS) is 14.8. The molecule has 10 nitrogen and oxygen atoms in total. The van der Waals surface area contributed by atoms with E-state index in [0.29, 0.717) is 43.2 Å². The molecule has 2 aliphatic heterocycles. The zero-order chi connectivity index (χ0) is 30.3. The van der Waals surface area contributed by atoms with Gasteiger partial charge in [0, 0.05) is 20.0 Å². The number of nitrogens with one attached hydrogen (secondary N) is 1. The molecule has 2 aromatic rings. The number of pyridine rings is 2. The minimum absolute atomic E-state index is 0. The number of nitrogens with zero attached hydrogens (tertiary/aromatic N) is 5. The highest BCUT2D eigenvalue weighted by Gasteiger charge is 2.27. The highest BCUT2D eigenvalue weighted by atomic mass is 35.5. The SMILES string of the molecule is C.CCOC(C)=O.Cl.[C-]#[N+]c1ccc(C2CCN(C(=O)OC(C)(C)C)CC2)cn1.[C-]#[N+]c1ccc(C2CCNCC2)cn1. The van der Waals surface area contributed by atoms with Gasteiger partial charge in [0.05, 0.1) is 6.61 Å². The van der Waals surface area contributed by atoms with Gasteiger partial charge in [-0.2, -0.15) is 0 Å². The maximum absolute atomic E-state index is 12.0. The van der Waals surface area contributed by atoms with E-state index in [1.807, 2.05) is 45.2 Å². The third-order valence-corrected chi connectivity index (χ3v) is 6.55. The Balaban J connectivity index is 0.000000694. The molecule has 0 atom stereocenters. The summed E-state index contributed by atoms with van der Waals surface area (Å²) in [6.07, 6.45) is 7.56. The van der Waals surface area contributed by atoms with Gasteiger partial charge in [-0.1, -0.05) is 32.7 Å². The Hall–Kier alpha value is -3.73. The van der Waals surface area contributed by atoms with Gasteiger partial charge in [-0.05, 0) is 102 Å². The summed E-state index contributed by atoms with van der Waals surface area (Å²) in [6.45, 7) is 26.6. The van der Waals surface area contributed by atoms with Crippen LogP contribution in [0, 0.1) is 13.1 Å². The van der Waals surface area contributed by atoms with Gasteiger partial charge in [-0.15, -0.1) is 22.4 Å². The van der Waals surface area contributed by atoms with Crippen LogP contribution >= 0.6 is 12.4 Å². The van der Waals surface area contributed by atoms with E-state index in [-0.39, 0.29) is 31.9 Å². The Morgan fingerprint density at radius 1 is 0.930 bits per heavy atom. The number of esters is 1. The third kappa shape index (κ3) is 14.8. The molecule has 2 fully saturated rings. The topological polar surface area (TPSA) is 102 Å². The molecule has 1 N–H and O–H groups in total. The number of likely N-dealkylation sites (tertiary alicyclic amines) is 1. The first-order chi connectivity index (χ1) is 19.6. The van der Waals surface area contributed by atoms with Gasteiger partial charge in [0.15, 0.2) is 0 Å². The zero-order valence-corrected chi connectivity index (χ0v) is 26.1. The average molecular weight is 615 g/mol. The molecule has 2 saturated heterocycles. The predicted octanol–water partition coefficient (Wildman–Crippen LogP) is 7.47. The van der Waals surface area contributed by atoms with E-state index in [0.717, 1.165) is 31.5 Å². The summed E-state index contributed by atoms with van der Waals surface area (Å²) in [6, 6.07) is 7.57. The van der Waals surface area contributed by atoms with E-state index in [2.05, 4.69) is 29.7 Å². The molecular formula is C32H47ClN6O4. The second-order valence-corrected chi connectivity index (χ2v) is 10.8. The van der Waals surface area contributed by atoms with Crippen molar-refractivity contribution in [3.05, 3.63) is 70.6 Å². The molecule has 0 saturated carbocycles. The summed E-state index contributed by atoms with van der Waals surface area (Å²) < 4.78 is 9.79. The average Bonchev–Trinajstić information content (AvgIpc) is 2.97. The van der Waals surface area contributed by atoms with Crippen molar-refractivity contribution in [1.29, 1.82) is 0 Å². The third-order valence-electron chi connectivity index (χ3n) is 6.55. The number of hydrogen-bond acceptors (Lipinski definition) is 7. The van der Waals surface area contributed by atoms with Gasteiger partial charge >= 0.3 is 12.1 Å². The Kier molecular flexibility index (Phi) is 18.5. The fourth-order valence-electron chi connectivity index (χ4n) is 4.49. The first-order valence-electron chi connectivity index (χ1n) is 14.0. The smallest absolute Gasteiger partial charge is 0.410 e. The Labute approximate surface area is 263 Å².